The zero-order valence-electron chi connectivity index (χ0n) is 20.5. The van der Waals surface area contributed by atoms with E-state index in [1.165, 1.54) is 24.8 Å². The van der Waals surface area contributed by atoms with Gasteiger partial charge in [0.25, 0.3) is 5.91 Å². The van der Waals surface area contributed by atoms with Gasteiger partial charge in [-0.1, -0.05) is 31.4 Å². The molecule has 0 N–H and O–H groups in total. The Kier molecular flexibility index (Phi) is 7.15. The average Bonchev–Trinajstić information content (AvgIpc) is 3.31. The first kappa shape index (κ1) is 23.7. The fraction of sp³-hybridized carbons (Fsp3) is 0.393. The molecule has 1 aliphatic carbocycles. The fourth-order valence-electron chi connectivity index (χ4n) is 4.57. The Hall–Kier alpha value is -3.41. The molecule has 0 atom stereocenters. The second-order valence-electron chi connectivity index (χ2n) is 9.10. The number of esters is 1. The monoisotopic (exact) mass is 459 g/mol. The molecule has 6 nitrogen and oxygen atoms in total. The molecule has 1 aromatic heterocycles. The Morgan fingerprint density at radius 3 is 2.35 bits per heavy atom. The molecule has 0 unspecified atom stereocenters. The maximum atomic E-state index is 13.1. The van der Waals surface area contributed by atoms with Crippen LogP contribution in [0.4, 0.5) is 0 Å². The third kappa shape index (κ3) is 4.91. The highest BCUT2D eigenvalue weighted by atomic mass is 16.5. The average molecular weight is 460 g/mol. The minimum absolute atomic E-state index is 0.0421. The normalized spacial score (nSPS) is 14.1. The number of amides is 1. The maximum Gasteiger partial charge on any atom is 0.358 e. The fourth-order valence-corrected chi connectivity index (χ4v) is 4.57. The van der Waals surface area contributed by atoms with Gasteiger partial charge in [0.15, 0.2) is 5.69 Å². The molecular formula is C28H33N3O3. The van der Waals surface area contributed by atoms with E-state index in [9.17, 15) is 9.59 Å². The van der Waals surface area contributed by atoms with Gasteiger partial charge in [-0.25, -0.2) is 9.48 Å². The van der Waals surface area contributed by atoms with Crippen LogP contribution in [0.3, 0.4) is 0 Å². The lowest BCUT2D eigenvalue weighted by Crippen LogP contribution is -2.38. The molecule has 1 heterocycles. The largest absolute Gasteiger partial charge is 0.461 e. The SMILES string of the molecule is CCOC(=O)c1cc(-c2ccc(C)c(C)c2)n(-c2ccc(C(=O)N(C)C3CCCCC3)cc2)n1. The van der Waals surface area contributed by atoms with Gasteiger partial charge >= 0.3 is 5.97 Å². The Morgan fingerprint density at radius 1 is 1.00 bits per heavy atom. The zero-order chi connectivity index (χ0) is 24.2. The number of hydrogen-bond donors (Lipinski definition) is 0. The second-order valence-corrected chi connectivity index (χ2v) is 9.10. The summed E-state index contributed by atoms with van der Waals surface area (Å²) >= 11 is 0. The second kappa shape index (κ2) is 10.2. The van der Waals surface area contributed by atoms with Crippen molar-refractivity contribution >= 4 is 11.9 Å². The number of aromatic nitrogens is 2. The zero-order valence-corrected chi connectivity index (χ0v) is 20.5. The molecule has 0 bridgehead atoms. The molecule has 0 saturated heterocycles. The van der Waals surface area contributed by atoms with Crippen LogP contribution in [0.2, 0.25) is 0 Å². The summed E-state index contributed by atoms with van der Waals surface area (Å²) in [7, 11) is 1.91. The number of hydrogen-bond acceptors (Lipinski definition) is 4. The van der Waals surface area contributed by atoms with Crippen molar-refractivity contribution in [1.82, 2.24) is 14.7 Å². The first-order valence-electron chi connectivity index (χ1n) is 12.1. The third-order valence-electron chi connectivity index (χ3n) is 6.80. The van der Waals surface area contributed by atoms with Crippen LogP contribution in [0.5, 0.6) is 0 Å². The van der Waals surface area contributed by atoms with Crippen LogP contribution in [0, 0.1) is 13.8 Å². The van der Waals surface area contributed by atoms with Crippen molar-refractivity contribution in [3.63, 3.8) is 0 Å². The summed E-state index contributed by atoms with van der Waals surface area (Å²) in [5.74, 6) is -0.409. The van der Waals surface area contributed by atoms with Crippen LogP contribution in [-0.4, -0.2) is 46.3 Å². The van der Waals surface area contributed by atoms with Crippen LogP contribution in [0.15, 0.2) is 48.5 Å². The molecular weight excluding hydrogens is 426 g/mol. The summed E-state index contributed by atoms with van der Waals surface area (Å²) in [4.78, 5) is 27.4. The van der Waals surface area contributed by atoms with Crippen molar-refractivity contribution in [2.45, 2.75) is 58.9 Å². The van der Waals surface area contributed by atoms with Gasteiger partial charge in [0.2, 0.25) is 0 Å². The van der Waals surface area contributed by atoms with Crippen LogP contribution in [-0.2, 0) is 4.74 Å². The van der Waals surface area contributed by atoms with Crippen LogP contribution in [0.1, 0.15) is 71.0 Å². The highest BCUT2D eigenvalue weighted by molar-refractivity contribution is 5.94. The number of nitrogens with zero attached hydrogens (tertiary/aromatic N) is 3. The van der Waals surface area contributed by atoms with Gasteiger partial charge in [0.05, 0.1) is 18.0 Å². The van der Waals surface area contributed by atoms with Crippen molar-refractivity contribution in [2.75, 3.05) is 13.7 Å². The summed E-state index contributed by atoms with van der Waals surface area (Å²) in [5, 5.41) is 4.56. The standard InChI is InChI=1S/C28H33N3O3/c1-5-34-28(33)25-18-26(22-12-11-19(2)20(3)17-22)31(29-25)24-15-13-21(14-16-24)27(32)30(4)23-9-7-6-8-10-23/h11-18,23H,5-10H2,1-4H3. The molecule has 3 aromatic rings. The highest BCUT2D eigenvalue weighted by Crippen LogP contribution is 2.27. The lowest BCUT2D eigenvalue weighted by atomic mass is 9.94. The van der Waals surface area contributed by atoms with Gasteiger partial charge in [-0.05, 0) is 81.1 Å². The van der Waals surface area contributed by atoms with Crippen LogP contribution >= 0.6 is 0 Å². The Bertz CT molecular complexity index is 1170. The summed E-state index contributed by atoms with van der Waals surface area (Å²) < 4.78 is 6.93. The Balaban J connectivity index is 1.66. The van der Waals surface area contributed by atoms with E-state index in [1.807, 2.05) is 42.3 Å². The minimum atomic E-state index is -0.452. The summed E-state index contributed by atoms with van der Waals surface area (Å²) in [6.07, 6.45) is 5.77. The van der Waals surface area contributed by atoms with Gasteiger partial charge in [-0.2, -0.15) is 5.10 Å². The van der Waals surface area contributed by atoms with E-state index in [0.29, 0.717) is 11.6 Å². The Labute approximate surface area is 201 Å². The van der Waals surface area contributed by atoms with Gasteiger partial charge in [-0.3, -0.25) is 4.79 Å². The molecule has 0 spiro atoms. The lowest BCUT2D eigenvalue weighted by Gasteiger charge is -2.31. The molecule has 34 heavy (non-hydrogen) atoms. The number of rotatable bonds is 6. The number of carbonyl (C=O) groups is 2. The van der Waals surface area contributed by atoms with Gasteiger partial charge in [-0.15, -0.1) is 0 Å². The number of ether oxygens (including phenoxy) is 1. The van der Waals surface area contributed by atoms with E-state index in [0.717, 1.165) is 35.3 Å². The Morgan fingerprint density at radius 2 is 1.71 bits per heavy atom. The molecule has 2 aromatic carbocycles. The van der Waals surface area contributed by atoms with Crippen LogP contribution in [0.25, 0.3) is 16.9 Å². The summed E-state index contributed by atoms with van der Waals surface area (Å²) in [6.45, 7) is 6.20. The van der Waals surface area contributed by atoms with E-state index in [1.54, 1.807) is 17.7 Å². The smallest absolute Gasteiger partial charge is 0.358 e. The summed E-state index contributed by atoms with van der Waals surface area (Å²) in [6, 6.07) is 15.7. The highest BCUT2D eigenvalue weighted by Gasteiger charge is 2.23. The third-order valence-corrected chi connectivity index (χ3v) is 6.80. The minimum Gasteiger partial charge on any atom is -0.461 e. The molecule has 4 rings (SSSR count). The first-order valence-corrected chi connectivity index (χ1v) is 12.1. The first-order chi connectivity index (χ1) is 16.4. The topological polar surface area (TPSA) is 64.4 Å². The predicted molar refractivity (Wildman–Crippen MR) is 133 cm³/mol. The number of aryl methyl sites for hydroxylation is 2. The number of benzene rings is 2. The van der Waals surface area contributed by atoms with E-state index >= 15 is 0 Å². The lowest BCUT2D eigenvalue weighted by molar-refractivity contribution is 0.0518. The van der Waals surface area contributed by atoms with E-state index in [4.69, 9.17) is 4.74 Å². The maximum absolute atomic E-state index is 13.1. The van der Waals surface area contributed by atoms with Gasteiger partial charge in [0.1, 0.15) is 0 Å². The summed E-state index contributed by atoms with van der Waals surface area (Å²) in [5.41, 5.74) is 5.81. The molecule has 1 aliphatic rings. The van der Waals surface area contributed by atoms with Crippen molar-refractivity contribution < 1.29 is 14.3 Å². The predicted octanol–water partition coefficient (Wildman–Crippen LogP) is 5.74. The molecule has 6 heteroatoms. The van der Waals surface area contributed by atoms with Crippen molar-refractivity contribution in [3.05, 3.63) is 70.9 Å². The quantitative estimate of drug-likeness (QED) is 0.441. The van der Waals surface area contributed by atoms with Crippen LogP contribution < -0.4 is 0 Å². The molecule has 1 fully saturated rings. The molecule has 1 amide bonds. The van der Waals surface area contributed by atoms with Gasteiger partial charge < -0.3 is 9.64 Å². The number of carbonyl (C=O) groups excluding carboxylic acids is 2. The van der Waals surface area contributed by atoms with E-state index in [-0.39, 0.29) is 18.2 Å². The molecule has 0 aliphatic heterocycles. The molecule has 178 valence electrons. The van der Waals surface area contributed by atoms with Crippen molar-refractivity contribution in [2.24, 2.45) is 0 Å². The van der Waals surface area contributed by atoms with E-state index < -0.39 is 5.97 Å². The molecule has 0 radical (unpaired) electrons. The van der Waals surface area contributed by atoms with Crippen molar-refractivity contribution in [1.29, 1.82) is 0 Å². The van der Waals surface area contributed by atoms with Crippen molar-refractivity contribution in [3.8, 4) is 16.9 Å². The van der Waals surface area contributed by atoms with E-state index in [2.05, 4.69) is 31.1 Å². The molecule has 1 saturated carbocycles. The van der Waals surface area contributed by atoms with Gasteiger partial charge in [0, 0.05) is 24.2 Å².